The minimum atomic E-state index is 0. The Labute approximate surface area is 96.7 Å². The molecule has 0 atom stereocenters. The maximum absolute atomic E-state index is 4.09. The summed E-state index contributed by atoms with van der Waals surface area (Å²) in [5.74, 6) is 0. The molecule has 2 nitrogen and oxygen atoms in total. The van der Waals surface area contributed by atoms with Gasteiger partial charge < -0.3 is 0 Å². The third kappa shape index (κ3) is 2.76. The fourth-order valence-corrected chi connectivity index (χ4v) is 1.06. The minimum Gasteiger partial charge on any atom is -0.275 e. The molecule has 0 aliphatic rings. The summed E-state index contributed by atoms with van der Waals surface area (Å²) in [6.07, 6.45) is 1.53. The van der Waals surface area contributed by atoms with Crippen LogP contribution in [0.1, 0.15) is 19.5 Å². The SMILES string of the molecule is CC.[CH2-]c1ncnc2ccccc12.[V]. The maximum Gasteiger partial charge on any atom is 0.111 e. The third-order valence-corrected chi connectivity index (χ3v) is 1.63. The van der Waals surface area contributed by atoms with Gasteiger partial charge in [-0.15, -0.1) is 11.5 Å². The molecular formula is C11H13N2V-. The number of fused-ring (bicyclic) bond motifs is 1. The van der Waals surface area contributed by atoms with Crippen LogP contribution >= 0.6 is 0 Å². The van der Waals surface area contributed by atoms with Gasteiger partial charge in [-0.2, -0.15) is 0 Å². The molecule has 0 fully saturated rings. The predicted octanol–water partition coefficient (Wildman–Crippen LogP) is 2.84. The van der Waals surface area contributed by atoms with E-state index in [-0.39, 0.29) is 18.6 Å². The van der Waals surface area contributed by atoms with Gasteiger partial charge >= 0.3 is 0 Å². The second-order valence-electron chi connectivity index (χ2n) is 2.34. The Bertz CT molecular complexity index is 382. The summed E-state index contributed by atoms with van der Waals surface area (Å²) in [6, 6.07) is 7.83. The molecule has 1 radical (unpaired) electrons. The summed E-state index contributed by atoms with van der Waals surface area (Å²) >= 11 is 0. The molecule has 0 N–H and O–H groups in total. The maximum atomic E-state index is 4.09. The van der Waals surface area contributed by atoms with E-state index in [0.717, 1.165) is 16.6 Å². The molecule has 0 saturated carbocycles. The van der Waals surface area contributed by atoms with Crippen molar-refractivity contribution >= 4 is 10.9 Å². The zero-order valence-electron chi connectivity index (χ0n) is 8.44. The van der Waals surface area contributed by atoms with Crippen molar-refractivity contribution in [2.24, 2.45) is 0 Å². The van der Waals surface area contributed by atoms with E-state index >= 15 is 0 Å². The molecule has 0 saturated heterocycles. The molecule has 0 aliphatic carbocycles. The van der Waals surface area contributed by atoms with E-state index in [0.29, 0.717) is 0 Å². The molecule has 1 aromatic carbocycles. The number of benzene rings is 1. The third-order valence-electron chi connectivity index (χ3n) is 1.63. The van der Waals surface area contributed by atoms with Crippen molar-refractivity contribution in [1.82, 2.24) is 9.97 Å². The monoisotopic (exact) mass is 224 g/mol. The van der Waals surface area contributed by atoms with E-state index in [1.165, 1.54) is 6.33 Å². The van der Waals surface area contributed by atoms with Crippen molar-refractivity contribution in [3.8, 4) is 0 Å². The second-order valence-corrected chi connectivity index (χ2v) is 2.34. The zero-order valence-corrected chi connectivity index (χ0v) is 9.83. The Kier molecular flexibility index (Phi) is 6.01. The molecule has 0 spiro atoms. The molecule has 14 heavy (non-hydrogen) atoms. The summed E-state index contributed by atoms with van der Waals surface area (Å²) in [6.45, 7) is 7.80. The van der Waals surface area contributed by atoms with E-state index in [4.69, 9.17) is 0 Å². The van der Waals surface area contributed by atoms with Crippen LogP contribution in [-0.4, -0.2) is 9.97 Å². The van der Waals surface area contributed by atoms with Crippen LogP contribution in [0.5, 0.6) is 0 Å². The minimum absolute atomic E-state index is 0. The van der Waals surface area contributed by atoms with E-state index in [2.05, 4.69) is 16.9 Å². The van der Waals surface area contributed by atoms with Gasteiger partial charge in [0.25, 0.3) is 0 Å². The molecule has 73 valence electrons. The van der Waals surface area contributed by atoms with Gasteiger partial charge in [0.2, 0.25) is 0 Å². The summed E-state index contributed by atoms with van der Waals surface area (Å²) < 4.78 is 0. The Hall–Kier alpha value is -0.986. The Morgan fingerprint density at radius 2 is 1.71 bits per heavy atom. The van der Waals surface area contributed by atoms with Gasteiger partial charge in [0.15, 0.2) is 0 Å². The van der Waals surface area contributed by atoms with Crippen molar-refractivity contribution in [3.05, 3.63) is 43.2 Å². The number of para-hydroxylation sites is 1. The first-order valence-corrected chi connectivity index (χ1v) is 4.39. The number of hydrogen-bond donors (Lipinski definition) is 0. The second kappa shape index (κ2) is 6.47. The predicted molar refractivity (Wildman–Crippen MR) is 55.3 cm³/mol. The van der Waals surface area contributed by atoms with Crippen LogP contribution in [0.4, 0.5) is 0 Å². The molecule has 1 heterocycles. The van der Waals surface area contributed by atoms with Gasteiger partial charge in [0, 0.05) is 18.6 Å². The van der Waals surface area contributed by atoms with Crippen LogP contribution in [0.3, 0.4) is 0 Å². The first-order chi connectivity index (χ1) is 6.38. The van der Waals surface area contributed by atoms with Gasteiger partial charge in [-0.1, -0.05) is 37.7 Å². The smallest absolute Gasteiger partial charge is 0.111 e. The van der Waals surface area contributed by atoms with Crippen molar-refractivity contribution in [2.75, 3.05) is 0 Å². The number of rotatable bonds is 0. The molecule has 0 amide bonds. The van der Waals surface area contributed by atoms with E-state index < -0.39 is 0 Å². The summed E-state index contributed by atoms with van der Waals surface area (Å²) in [5, 5.41) is 1.02. The number of aromatic nitrogens is 2. The molecule has 0 unspecified atom stereocenters. The van der Waals surface area contributed by atoms with Crippen LogP contribution in [0, 0.1) is 6.92 Å². The van der Waals surface area contributed by atoms with Crippen LogP contribution in [-0.2, 0) is 18.6 Å². The fourth-order valence-electron chi connectivity index (χ4n) is 1.06. The van der Waals surface area contributed by atoms with Gasteiger partial charge in [-0.05, 0) is 5.52 Å². The van der Waals surface area contributed by atoms with Crippen molar-refractivity contribution in [3.63, 3.8) is 0 Å². The van der Waals surface area contributed by atoms with Crippen LogP contribution in [0.15, 0.2) is 30.6 Å². The summed E-state index contributed by atoms with van der Waals surface area (Å²) in [4.78, 5) is 8.08. The first kappa shape index (κ1) is 13.0. The van der Waals surface area contributed by atoms with E-state index in [1.54, 1.807) is 0 Å². The molecule has 1 aromatic heterocycles. The van der Waals surface area contributed by atoms with Crippen molar-refractivity contribution in [2.45, 2.75) is 13.8 Å². The van der Waals surface area contributed by atoms with Crippen LogP contribution in [0.2, 0.25) is 0 Å². The van der Waals surface area contributed by atoms with Crippen LogP contribution < -0.4 is 0 Å². The van der Waals surface area contributed by atoms with Crippen LogP contribution in [0.25, 0.3) is 10.9 Å². The average molecular weight is 224 g/mol. The topological polar surface area (TPSA) is 25.8 Å². The largest absolute Gasteiger partial charge is 0.275 e. The standard InChI is InChI=1S/C9H7N2.C2H6.V/c1-7-8-4-2-3-5-9(8)11-6-10-7;1-2;/h2-6H,1H2;1-2H3;/q-1;;. The Morgan fingerprint density at radius 3 is 2.36 bits per heavy atom. The molecule has 3 heteroatoms. The molecule has 2 aromatic rings. The number of nitrogens with zero attached hydrogens (tertiary/aromatic N) is 2. The van der Waals surface area contributed by atoms with Gasteiger partial charge in [0.05, 0.1) is 0 Å². The van der Waals surface area contributed by atoms with Gasteiger partial charge in [-0.25, -0.2) is 6.92 Å². The zero-order chi connectivity index (χ0) is 9.68. The fraction of sp³-hybridized carbons (Fsp3) is 0.182. The molecule has 0 aliphatic heterocycles. The van der Waals surface area contributed by atoms with E-state index in [1.807, 2.05) is 38.1 Å². The normalized spacial score (nSPS) is 8.43. The molecule has 2 rings (SSSR count). The van der Waals surface area contributed by atoms with Gasteiger partial charge in [0.1, 0.15) is 6.33 Å². The van der Waals surface area contributed by atoms with Crippen molar-refractivity contribution in [1.29, 1.82) is 0 Å². The summed E-state index contributed by atoms with van der Waals surface area (Å²) in [7, 11) is 0. The quantitative estimate of drug-likeness (QED) is 0.643. The number of hydrogen-bond acceptors (Lipinski definition) is 2. The van der Waals surface area contributed by atoms with Gasteiger partial charge in [-0.3, -0.25) is 9.97 Å². The average Bonchev–Trinajstić information content (AvgIpc) is 2.22. The van der Waals surface area contributed by atoms with Crippen molar-refractivity contribution < 1.29 is 18.6 Å². The molecular weight excluding hydrogens is 211 g/mol. The summed E-state index contributed by atoms with van der Waals surface area (Å²) in [5.41, 5.74) is 1.74. The Balaban J connectivity index is 0.000000531. The Morgan fingerprint density at radius 1 is 1.07 bits per heavy atom. The molecule has 0 bridgehead atoms. The first-order valence-electron chi connectivity index (χ1n) is 4.39. The van der Waals surface area contributed by atoms with E-state index in [9.17, 15) is 0 Å².